The van der Waals surface area contributed by atoms with Crippen LogP contribution < -0.4 is 0 Å². The van der Waals surface area contributed by atoms with Crippen LogP contribution in [0.3, 0.4) is 0 Å². The monoisotopic (exact) mass is 206 g/mol. The molecule has 0 atom stereocenters. The molecule has 0 N–H and O–H groups in total. The second kappa shape index (κ2) is 5.01. The van der Waals surface area contributed by atoms with Crippen molar-refractivity contribution in [2.75, 3.05) is 12.0 Å². The van der Waals surface area contributed by atoms with Gasteiger partial charge in [0.25, 0.3) is 0 Å². The number of carbonyl (C=O) groups excluding carboxylic acids is 1. The van der Waals surface area contributed by atoms with Crippen LogP contribution >= 0.6 is 11.8 Å². The summed E-state index contributed by atoms with van der Waals surface area (Å²) in [6, 6.07) is 7.59. The Hall–Kier alpha value is -1.02. The van der Waals surface area contributed by atoms with Gasteiger partial charge in [0, 0.05) is 16.9 Å². The van der Waals surface area contributed by atoms with Crippen molar-refractivity contribution in [3.63, 3.8) is 0 Å². The van der Waals surface area contributed by atoms with Gasteiger partial charge < -0.3 is 0 Å². The molecule has 0 saturated heterocycles. The third-order valence-corrected chi connectivity index (χ3v) is 2.59. The molecule has 0 aliphatic carbocycles. The van der Waals surface area contributed by atoms with Crippen molar-refractivity contribution in [2.24, 2.45) is 0 Å². The molecule has 74 valence electrons. The molecule has 0 unspecified atom stereocenters. The smallest absolute Gasteiger partial charge is 0.189 e. The van der Waals surface area contributed by atoms with Crippen molar-refractivity contribution < 1.29 is 4.79 Å². The number of benzene rings is 1. The molecule has 1 aromatic carbocycles. The summed E-state index contributed by atoms with van der Waals surface area (Å²) in [5, 5.41) is 0. The van der Waals surface area contributed by atoms with Crippen LogP contribution in [0.1, 0.15) is 15.9 Å². The molecule has 0 bridgehead atoms. The molecule has 0 spiro atoms. The summed E-state index contributed by atoms with van der Waals surface area (Å²) in [7, 11) is 0. The summed E-state index contributed by atoms with van der Waals surface area (Å²) in [6.45, 7) is 5.78. The quantitative estimate of drug-likeness (QED) is 0.556. The van der Waals surface area contributed by atoms with Crippen molar-refractivity contribution in [3.05, 3.63) is 47.5 Å². The third kappa shape index (κ3) is 2.74. The summed E-state index contributed by atoms with van der Waals surface area (Å²) in [6.07, 6.45) is 1.97. The maximum Gasteiger partial charge on any atom is 0.189 e. The van der Waals surface area contributed by atoms with E-state index >= 15 is 0 Å². The molecular weight excluding hydrogens is 192 g/mol. The van der Waals surface area contributed by atoms with Gasteiger partial charge >= 0.3 is 0 Å². The number of rotatable bonds is 4. The maximum atomic E-state index is 11.7. The second-order valence-electron chi connectivity index (χ2n) is 3.23. The van der Waals surface area contributed by atoms with Crippen LogP contribution in [-0.2, 0) is 0 Å². The molecule has 0 aliphatic rings. The minimum absolute atomic E-state index is 0.0550. The van der Waals surface area contributed by atoms with Crippen molar-refractivity contribution in [3.8, 4) is 0 Å². The number of aryl methyl sites for hydroxylation is 1. The molecule has 1 rings (SSSR count). The lowest BCUT2D eigenvalue weighted by Gasteiger charge is -2.03. The Labute approximate surface area is 89.2 Å². The van der Waals surface area contributed by atoms with E-state index in [9.17, 15) is 4.79 Å². The summed E-state index contributed by atoms with van der Waals surface area (Å²) in [5.41, 5.74) is 2.56. The molecule has 2 heteroatoms. The Kier molecular flexibility index (Phi) is 3.96. The highest BCUT2D eigenvalue weighted by molar-refractivity contribution is 7.98. The van der Waals surface area contributed by atoms with Crippen LogP contribution in [0.5, 0.6) is 0 Å². The average Bonchev–Trinajstić information content (AvgIpc) is 2.18. The molecule has 0 amide bonds. The van der Waals surface area contributed by atoms with E-state index in [2.05, 4.69) is 6.58 Å². The Bertz CT molecular complexity index is 338. The fraction of sp³-hybridized carbons (Fsp3) is 0.250. The molecule has 0 fully saturated rings. The van der Waals surface area contributed by atoms with Gasteiger partial charge in [-0.2, -0.15) is 11.8 Å². The van der Waals surface area contributed by atoms with Crippen LogP contribution in [0.2, 0.25) is 0 Å². The first kappa shape index (κ1) is 11.1. The zero-order chi connectivity index (χ0) is 10.6. The van der Waals surface area contributed by atoms with E-state index in [1.54, 1.807) is 11.8 Å². The van der Waals surface area contributed by atoms with Crippen molar-refractivity contribution in [1.82, 2.24) is 0 Å². The Balaban J connectivity index is 2.79. The fourth-order valence-electron chi connectivity index (χ4n) is 1.15. The van der Waals surface area contributed by atoms with E-state index in [0.717, 1.165) is 11.1 Å². The lowest BCUT2D eigenvalue weighted by molar-refractivity contribution is 0.103. The first-order valence-electron chi connectivity index (χ1n) is 4.43. The van der Waals surface area contributed by atoms with Crippen LogP contribution in [0.4, 0.5) is 0 Å². The predicted molar refractivity (Wildman–Crippen MR) is 63.0 cm³/mol. The molecule has 1 aromatic rings. The summed E-state index contributed by atoms with van der Waals surface area (Å²) in [4.78, 5) is 11.7. The minimum atomic E-state index is 0.0550. The van der Waals surface area contributed by atoms with Gasteiger partial charge in [0.1, 0.15) is 0 Å². The first-order valence-corrected chi connectivity index (χ1v) is 5.82. The Morgan fingerprint density at radius 3 is 2.43 bits per heavy atom. The number of hydrogen-bond acceptors (Lipinski definition) is 2. The van der Waals surface area contributed by atoms with Gasteiger partial charge in [-0.3, -0.25) is 4.79 Å². The number of Topliss-reactive ketones (excluding diaryl/α,β-unsaturated/α-hetero) is 1. The lowest BCUT2D eigenvalue weighted by atomic mass is 10.0. The number of ketones is 1. The van der Waals surface area contributed by atoms with E-state index in [1.165, 1.54) is 0 Å². The van der Waals surface area contributed by atoms with Gasteiger partial charge in [-0.15, -0.1) is 0 Å². The predicted octanol–water partition coefficient (Wildman–Crippen LogP) is 3.10. The molecule has 0 radical (unpaired) electrons. The van der Waals surface area contributed by atoms with Gasteiger partial charge in [-0.1, -0.05) is 36.4 Å². The van der Waals surface area contributed by atoms with E-state index in [4.69, 9.17) is 0 Å². The standard InChI is InChI=1S/C12H14OS/c1-9-4-6-11(7-5-9)12(13)10(2)8-14-3/h4-7H,2,8H2,1,3H3. The average molecular weight is 206 g/mol. The topological polar surface area (TPSA) is 17.1 Å². The van der Waals surface area contributed by atoms with E-state index < -0.39 is 0 Å². The van der Waals surface area contributed by atoms with Gasteiger partial charge in [0.05, 0.1) is 0 Å². The Morgan fingerprint density at radius 2 is 1.93 bits per heavy atom. The molecule has 0 aliphatic heterocycles. The van der Waals surface area contributed by atoms with Gasteiger partial charge in [0.2, 0.25) is 0 Å². The summed E-state index contributed by atoms with van der Waals surface area (Å²) < 4.78 is 0. The van der Waals surface area contributed by atoms with E-state index in [-0.39, 0.29) is 5.78 Å². The SMILES string of the molecule is C=C(CSC)C(=O)c1ccc(C)cc1. The second-order valence-corrected chi connectivity index (χ2v) is 4.10. The van der Waals surface area contributed by atoms with E-state index in [1.807, 2.05) is 37.4 Å². The van der Waals surface area contributed by atoms with Crippen LogP contribution in [-0.4, -0.2) is 17.8 Å². The first-order chi connectivity index (χ1) is 6.65. The molecular formula is C12H14OS. The van der Waals surface area contributed by atoms with Gasteiger partial charge in [-0.05, 0) is 13.2 Å². The highest BCUT2D eigenvalue weighted by Gasteiger charge is 2.08. The van der Waals surface area contributed by atoms with Crippen LogP contribution in [0.25, 0.3) is 0 Å². The minimum Gasteiger partial charge on any atom is -0.289 e. The van der Waals surface area contributed by atoms with E-state index in [0.29, 0.717) is 11.3 Å². The fourth-order valence-corrected chi connectivity index (χ4v) is 1.63. The molecule has 1 nitrogen and oxygen atoms in total. The molecule has 0 saturated carbocycles. The zero-order valence-corrected chi connectivity index (χ0v) is 9.36. The molecule has 0 aromatic heterocycles. The number of hydrogen-bond donors (Lipinski definition) is 0. The van der Waals surface area contributed by atoms with Gasteiger partial charge in [0.15, 0.2) is 5.78 Å². The molecule has 0 heterocycles. The normalized spacial score (nSPS) is 9.86. The summed E-state index contributed by atoms with van der Waals surface area (Å²) >= 11 is 1.62. The highest BCUT2D eigenvalue weighted by atomic mass is 32.2. The van der Waals surface area contributed by atoms with Gasteiger partial charge in [-0.25, -0.2) is 0 Å². The van der Waals surface area contributed by atoms with Crippen LogP contribution in [0.15, 0.2) is 36.4 Å². The third-order valence-electron chi connectivity index (χ3n) is 1.95. The summed E-state index contributed by atoms with van der Waals surface area (Å²) in [5.74, 6) is 0.756. The Morgan fingerprint density at radius 1 is 1.36 bits per heavy atom. The van der Waals surface area contributed by atoms with Crippen molar-refractivity contribution in [2.45, 2.75) is 6.92 Å². The zero-order valence-electron chi connectivity index (χ0n) is 8.54. The van der Waals surface area contributed by atoms with Crippen molar-refractivity contribution >= 4 is 17.5 Å². The largest absolute Gasteiger partial charge is 0.289 e. The van der Waals surface area contributed by atoms with Crippen LogP contribution in [0, 0.1) is 6.92 Å². The molecule has 14 heavy (non-hydrogen) atoms. The van der Waals surface area contributed by atoms with Crippen molar-refractivity contribution in [1.29, 1.82) is 0 Å². The number of carbonyl (C=O) groups is 1. The lowest BCUT2D eigenvalue weighted by Crippen LogP contribution is -2.04. The highest BCUT2D eigenvalue weighted by Crippen LogP contribution is 2.11. The maximum absolute atomic E-state index is 11.7. The number of thioether (sulfide) groups is 1.